The molecule has 0 unspecified atom stereocenters. The predicted molar refractivity (Wildman–Crippen MR) is 276 cm³/mol. The van der Waals surface area contributed by atoms with Crippen molar-refractivity contribution in [1.29, 1.82) is 0 Å². The standard InChI is InChI=1S/C64H49N/c1-63(2)54-34-14-11-28-48(54)50-40-39-45(41-56(50)63)46-27-13-16-36-57(46)65(59-38-20-33-53-49-29-12-15-35-55(49)64(3,4)62(53)59)58-37-19-32-52(61(58)44-23-9-6-10-24-44)51-31-18-26-43-25-17-30-47(60(43)51)42-21-7-5-8-22-42/h5-41H,1-4H3. The number of benzene rings is 10. The minimum absolute atomic E-state index is 0.126. The van der Waals surface area contributed by atoms with Gasteiger partial charge in [-0.25, -0.2) is 0 Å². The van der Waals surface area contributed by atoms with Crippen LogP contribution in [0.5, 0.6) is 0 Å². The molecule has 10 aromatic rings. The third-order valence-corrected chi connectivity index (χ3v) is 14.5. The first kappa shape index (κ1) is 38.9. The number of fused-ring (bicyclic) bond motifs is 7. The average Bonchev–Trinajstić information content (AvgIpc) is 3.74. The molecule has 65 heavy (non-hydrogen) atoms. The molecule has 1 heteroatoms. The molecule has 2 aliphatic rings. The SMILES string of the molecule is CC1(C)c2ccccc2-c2ccc(-c3ccccc3N(c3cccc(-c4cccc5cccc(-c6ccccc6)c45)c3-c3ccccc3)c3cccc4c3C(C)(C)c3ccccc3-4)cc21. The minimum Gasteiger partial charge on any atom is -0.309 e. The molecule has 2 aliphatic carbocycles. The smallest absolute Gasteiger partial charge is 0.0546 e. The Hall–Kier alpha value is -7.74. The largest absolute Gasteiger partial charge is 0.309 e. The molecule has 0 saturated heterocycles. The van der Waals surface area contributed by atoms with Crippen molar-refractivity contribution >= 4 is 27.8 Å². The van der Waals surface area contributed by atoms with Gasteiger partial charge in [0.1, 0.15) is 0 Å². The van der Waals surface area contributed by atoms with Crippen LogP contribution in [-0.2, 0) is 10.8 Å². The van der Waals surface area contributed by atoms with Crippen molar-refractivity contribution in [2.75, 3.05) is 4.90 Å². The molecular formula is C64H49N. The molecule has 0 heterocycles. The maximum absolute atomic E-state index is 2.60. The molecule has 0 bridgehead atoms. The van der Waals surface area contributed by atoms with Gasteiger partial charge in [-0.1, -0.05) is 228 Å². The quantitative estimate of drug-likeness (QED) is 0.155. The second kappa shape index (κ2) is 14.9. The molecule has 10 aromatic carbocycles. The van der Waals surface area contributed by atoms with E-state index in [-0.39, 0.29) is 10.8 Å². The van der Waals surface area contributed by atoms with Crippen molar-refractivity contribution in [2.24, 2.45) is 0 Å². The zero-order valence-corrected chi connectivity index (χ0v) is 37.3. The highest BCUT2D eigenvalue weighted by atomic mass is 15.2. The normalized spacial score (nSPS) is 13.8. The molecule has 0 aliphatic heterocycles. The van der Waals surface area contributed by atoms with Crippen molar-refractivity contribution in [2.45, 2.75) is 38.5 Å². The van der Waals surface area contributed by atoms with Gasteiger partial charge in [0.15, 0.2) is 0 Å². The van der Waals surface area contributed by atoms with Gasteiger partial charge in [-0.05, 0) is 113 Å². The summed E-state index contributed by atoms with van der Waals surface area (Å²) in [4.78, 5) is 2.60. The van der Waals surface area contributed by atoms with Gasteiger partial charge in [0.05, 0.1) is 17.1 Å². The van der Waals surface area contributed by atoms with E-state index in [1.165, 1.54) is 105 Å². The predicted octanol–water partition coefficient (Wildman–Crippen LogP) is 17.6. The second-order valence-electron chi connectivity index (χ2n) is 18.8. The zero-order valence-electron chi connectivity index (χ0n) is 37.3. The fourth-order valence-electron chi connectivity index (χ4n) is 11.5. The van der Waals surface area contributed by atoms with Gasteiger partial charge >= 0.3 is 0 Å². The minimum atomic E-state index is -0.260. The molecule has 0 saturated carbocycles. The lowest BCUT2D eigenvalue weighted by Gasteiger charge is -2.35. The molecular weight excluding hydrogens is 783 g/mol. The van der Waals surface area contributed by atoms with E-state index in [0.29, 0.717) is 0 Å². The highest BCUT2D eigenvalue weighted by Crippen LogP contribution is 2.57. The Labute approximate surface area is 383 Å². The van der Waals surface area contributed by atoms with Gasteiger partial charge in [0.25, 0.3) is 0 Å². The summed E-state index contributed by atoms with van der Waals surface area (Å²) >= 11 is 0. The first-order valence-corrected chi connectivity index (χ1v) is 22.9. The van der Waals surface area contributed by atoms with Crippen LogP contribution < -0.4 is 4.90 Å². The van der Waals surface area contributed by atoms with Crippen molar-refractivity contribution in [3.63, 3.8) is 0 Å². The Bertz CT molecular complexity index is 3480. The summed E-state index contributed by atoms with van der Waals surface area (Å²) in [7, 11) is 0. The highest BCUT2D eigenvalue weighted by molar-refractivity contribution is 6.11. The molecule has 1 nitrogen and oxygen atoms in total. The molecule has 310 valence electrons. The summed E-state index contributed by atoms with van der Waals surface area (Å²) in [6, 6.07) is 83.5. The molecule has 0 amide bonds. The summed E-state index contributed by atoms with van der Waals surface area (Å²) in [5.74, 6) is 0. The number of anilines is 3. The van der Waals surface area contributed by atoms with Crippen LogP contribution in [0.15, 0.2) is 224 Å². The lowest BCUT2D eigenvalue weighted by Crippen LogP contribution is -2.21. The number of hydrogen-bond acceptors (Lipinski definition) is 1. The maximum Gasteiger partial charge on any atom is 0.0546 e. The molecule has 12 rings (SSSR count). The first-order chi connectivity index (χ1) is 31.8. The highest BCUT2D eigenvalue weighted by Gasteiger charge is 2.40. The van der Waals surface area contributed by atoms with E-state index in [2.05, 4.69) is 257 Å². The van der Waals surface area contributed by atoms with Crippen molar-refractivity contribution in [1.82, 2.24) is 0 Å². The lowest BCUT2D eigenvalue weighted by molar-refractivity contribution is 0.660. The summed E-state index contributed by atoms with van der Waals surface area (Å²) in [5.41, 5.74) is 23.4. The molecule has 0 radical (unpaired) electrons. The van der Waals surface area contributed by atoms with Gasteiger partial charge in [-0.15, -0.1) is 0 Å². The summed E-state index contributed by atoms with van der Waals surface area (Å²) < 4.78 is 0. The summed E-state index contributed by atoms with van der Waals surface area (Å²) in [6.45, 7) is 9.56. The van der Waals surface area contributed by atoms with E-state index >= 15 is 0 Å². The molecule has 0 aromatic heterocycles. The number of hydrogen-bond donors (Lipinski definition) is 0. The molecule has 0 fully saturated rings. The molecule has 0 spiro atoms. The van der Waals surface area contributed by atoms with Crippen molar-refractivity contribution < 1.29 is 0 Å². The van der Waals surface area contributed by atoms with Crippen LogP contribution in [0.2, 0.25) is 0 Å². The fraction of sp³-hybridized carbons (Fsp3) is 0.0938. The van der Waals surface area contributed by atoms with E-state index in [4.69, 9.17) is 0 Å². The third-order valence-electron chi connectivity index (χ3n) is 14.5. The van der Waals surface area contributed by atoms with E-state index in [1.54, 1.807) is 0 Å². The topological polar surface area (TPSA) is 3.24 Å². The lowest BCUT2D eigenvalue weighted by atomic mass is 9.80. The van der Waals surface area contributed by atoms with E-state index in [9.17, 15) is 0 Å². The fourth-order valence-corrected chi connectivity index (χ4v) is 11.5. The summed E-state index contributed by atoms with van der Waals surface area (Å²) in [5, 5.41) is 2.47. The van der Waals surface area contributed by atoms with Gasteiger partial charge < -0.3 is 4.90 Å². The van der Waals surface area contributed by atoms with Crippen LogP contribution in [-0.4, -0.2) is 0 Å². The molecule has 0 atom stereocenters. The molecule has 0 N–H and O–H groups in total. The van der Waals surface area contributed by atoms with Gasteiger partial charge in [0, 0.05) is 22.0 Å². The van der Waals surface area contributed by atoms with Gasteiger partial charge in [-0.2, -0.15) is 0 Å². The Kier molecular flexibility index (Phi) is 8.94. The number of nitrogens with zero attached hydrogens (tertiary/aromatic N) is 1. The van der Waals surface area contributed by atoms with Crippen LogP contribution in [0, 0.1) is 0 Å². The van der Waals surface area contributed by atoms with Gasteiger partial charge in [0.2, 0.25) is 0 Å². The van der Waals surface area contributed by atoms with E-state index < -0.39 is 0 Å². The van der Waals surface area contributed by atoms with Crippen molar-refractivity contribution in [3.8, 4) is 66.8 Å². The number of rotatable bonds is 7. The van der Waals surface area contributed by atoms with Crippen molar-refractivity contribution in [3.05, 3.63) is 247 Å². The van der Waals surface area contributed by atoms with Crippen LogP contribution >= 0.6 is 0 Å². The monoisotopic (exact) mass is 831 g/mol. The Morgan fingerprint density at radius 3 is 1.51 bits per heavy atom. The Balaban J connectivity index is 1.17. The van der Waals surface area contributed by atoms with Crippen LogP contribution in [0.25, 0.3) is 77.5 Å². The summed E-state index contributed by atoms with van der Waals surface area (Å²) in [6.07, 6.45) is 0. The zero-order chi connectivity index (χ0) is 43.9. The van der Waals surface area contributed by atoms with E-state index in [1.807, 2.05) is 0 Å². The maximum atomic E-state index is 2.60. The van der Waals surface area contributed by atoms with E-state index in [0.717, 1.165) is 11.4 Å². The first-order valence-electron chi connectivity index (χ1n) is 22.9. The van der Waals surface area contributed by atoms with Crippen LogP contribution in [0.1, 0.15) is 49.9 Å². The second-order valence-corrected chi connectivity index (χ2v) is 18.8. The van der Waals surface area contributed by atoms with Gasteiger partial charge in [-0.3, -0.25) is 0 Å². The third kappa shape index (κ3) is 5.99. The van der Waals surface area contributed by atoms with Crippen LogP contribution in [0.4, 0.5) is 17.1 Å². The Morgan fingerprint density at radius 2 is 0.785 bits per heavy atom. The number of para-hydroxylation sites is 1. The van der Waals surface area contributed by atoms with Crippen LogP contribution in [0.3, 0.4) is 0 Å². The Morgan fingerprint density at radius 1 is 0.292 bits per heavy atom. The average molecular weight is 832 g/mol.